The minimum absolute atomic E-state index is 0. The van der Waals surface area contributed by atoms with Gasteiger partial charge in [0.2, 0.25) is 0 Å². The first-order chi connectivity index (χ1) is 3.80. The first kappa shape index (κ1) is 18.1. The van der Waals surface area contributed by atoms with Gasteiger partial charge in [0.25, 0.3) is 0 Å². The molecule has 5 heteroatoms. The Kier molecular flexibility index (Phi) is 15.2. The zero-order valence-corrected chi connectivity index (χ0v) is 9.12. The Bertz CT molecular complexity index is 75.0. The van der Waals surface area contributed by atoms with Crippen LogP contribution in [-0.4, -0.2) is 12.1 Å². The molecule has 0 aliphatic heterocycles. The smallest absolute Gasteiger partial charge is 0 e. The van der Waals surface area contributed by atoms with Crippen LogP contribution in [0.15, 0.2) is 0 Å². The summed E-state index contributed by atoms with van der Waals surface area (Å²) >= 11 is 0. The second-order valence-corrected chi connectivity index (χ2v) is 2.50. The molecule has 0 amide bonds. The average molecular weight is 290 g/mol. The van der Waals surface area contributed by atoms with E-state index < -0.39 is 0 Å². The predicted octanol–water partition coefficient (Wildman–Crippen LogP) is -3.59. The van der Waals surface area contributed by atoms with E-state index in [9.17, 15) is 0 Å². The minimum atomic E-state index is -0.0799. The van der Waals surface area contributed by atoms with Crippen LogP contribution in [0.4, 0.5) is 0 Å². The van der Waals surface area contributed by atoms with Crippen LogP contribution in [0.3, 0.4) is 0 Å². The van der Waals surface area contributed by atoms with Crippen molar-refractivity contribution in [1.29, 1.82) is 0 Å². The van der Waals surface area contributed by atoms with Crippen LogP contribution in [0.5, 0.6) is 0 Å². The van der Waals surface area contributed by atoms with Crippen molar-refractivity contribution in [2.24, 2.45) is 0 Å². The molecule has 2 N–H and O–H groups in total. The third-order valence-corrected chi connectivity index (χ3v) is 1.77. The summed E-state index contributed by atoms with van der Waals surface area (Å²) in [6.07, 6.45) is 4.25. The van der Waals surface area contributed by atoms with Crippen molar-refractivity contribution >= 4 is 0 Å². The Hall–Kier alpha value is 1.16. The normalized spacial score (nSPS) is 28.9. The Labute approximate surface area is 94.3 Å². The van der Waals surface area contributed by atoms with Crippen LogP contribution in [0.25, 0.3) is 11.5 Å². The zero-order chi connectivity index (χ0) is 5.98. The molecule has 0 aromatic heterocycles. The molecule has 0 spiro atoms. The third-order valence-electron chi connectivity index (χ3n) is 1.77. The zero-order valence-electron chi connectivity index (χ0n) is 6.06. The van der Waals surface area contributed by atoms with E-state index in [1.807, 2.05) is 0 Å². The van der Waals surface area contributed by atoms with E-state index >= 15 is 0 Å². The molecule has 1 aliphatic rings. The molecule has 0 radical (unpaired) electrons. The first-order valence-electron chi connectivity index (χ1n) is 3.23. The van der Waals surface area contributed by atoms with Gasteiger partial charge in [-0.1, -0.05) is 25.7 Å². The van der Waals surface area contributed by atoms with Gasteiger partial charge >= 0.3 is 0 Å². The Morgan fingerprint density at radius 2 is 1.09 bits per heavy atom. The van der Waals surface area contributed by atoms with Gasteiger partial charge in [-0.25, -0.2) is 0 Å². The first-order valence-corrected chi connectivity index (χ1v) is 3.23. The van der Waals surface area contributed by atoms with Crippen LogP contribution < -0.4 is 24.8 Å². The van der Waals surface area contributed by atoms with Gasteiger partial charge in [-0.15, -0.1) is 0 Å². The van der Waals surface area contributed by atoms with Gasteiger partial charge in [0.15, 0.2) is 0 Å². The molecule has 0 aromatic carbocycles. The van der Waals surface area contributed by atoms with Crippen molar-refractivity contribution in [3.05, 3.63) is 11.5 Å². The Morgan fingerprint density at radius 3 is 1.27 bits per heavy atom. The fraction of sp³-hybridized carbons (Fsp3) is 1.00. The molecule has 0 aromatic rings. The summed E-state index contributed by atoms with van der Waals surface area (Å²) in [6.45, 7) is 0. The van der Waals surface area contributed by atoms with Gasteiger partial charge < -0.3 is 36.3 Å². The number of rotatable bonds is 0. The van der Waals surface area contributed by atoms with Crippen molar-refractivity contribution in [3.8, 4) is 0 Å². The molecule has 1 aliphatic carbocycles. The third kappa shape index (κ3) is 6.33. The van der Waals surface area contributed by atoms with Crippen LogP contribution in [0.1, 0.15) is 25.7 Å². The van der Waals surface area contributed by atoms with Crippen molar-refractivity contribution in [1.82, 2.24) is 0 Å². The molecule has 74 valence electrons. The maximum absolute atomic E-state index is 7.29. The molecule has 1 saturated carbocycles. The monoisotopic (exact) mass is 288 g/mol. The van der Waals surface area contributed by atoms with E-state index in [2.05, 4.69) is 0 Å². The molecule has 2 atom stereocenters. The molecule has 2 unspecified atom stereocenters. The van der Waals surface area contributed by atoms with Gasteiger partial charge in [0, 0.05) is 20.4 Å². The number of nitrogens with one attached hydrogen (secondary N) is 2. The minimum Gasteiger partial charge on any atom is -1.00 e. The summed E-state index contributed by atoms with van der Waals surface area (Å²) in [4.78, 5) is 0. The molecule has 2 nitrogen and oxygen atoms in total. The molecule has 0 saturated heterocycles. The molecule has 11 heavy (non-hydrogen) atoms. The van der Waals surface area contributed by atoms with Crippen molar-refractivity contribution in [3.63, 3.8) is 0 Å². The average Bonchev–Trinajstić information content (AvgIpc) is 1.77. The van der Waals surface area contributed by atoms with E-state index in [0.717, 1.165) is 12.8 Å². The van der Waals surface area contributed by atoms with E-state index in [1.165, 1.54) is 12.8 Å². The summed E-state index contributed by atoms with van der Waals surface area (Å²) in [5.74, 6) is 0. The van der Waals surface area contributed by atoms with Crippen LogP contribution in [0, 0.1) is 0 Å². The van der Waals surface area contributed by atoms with Crippen LogP contribution in [0.2, 0.25) is 0 Å². The van der Waals surface area contributed by atoms with Gasteiger partial charge in [0.05, 0.1) is 0 Å². The molecular weight excluding hydrogens is 277 g/mol. The van der Waals surface area contributed by atoms with Gasteiger partial charge in [0.1, 0.15) is 0 Å². The Morgan fingerprint density at radius 1 is 0.818 bits per heavy atom. The van der Waals surface area contributed by atoms with Gasteiger partial charge in [-0.05, 0) is 0 Å². The Balaban J connectivity index is -0.000000213. The predicted molar refractivity (Wildman–Crippen MR) is 34.7 cm³/mol. The standard InChI is InChI=1S/C6H12N2.2ClH.Pd/c7-5-3-1-2-4-6(5)8;;;/h5-8H,1-4H2;2*1H;/q-2;;;/p-2. The maximum atomic E-state index is 7.29. The van der Waals surface area contributed by atoms with Crippen LogP contribution in [-0.2, 0) is 20.4 Å². The van der Waals surface area contributed by atoms with Crippen LogP contribution >= 0.6 is 0 Å². The van der Waals surface area contributed by atoms with E-state index in [-0.39, 0.29) is 57.3 Å². The molecular formula is C6H12Cl2N2Pd-4. The molecule has 1 rings (SSSR count). The van der Waals surface area contributed by atoms with Gasteiger partial charge in [-0.2, -0.15) is 12.1 Å². The van der Waals surface area contributed by atoms with E-state index in [0.29, 0.717) is 0 Å². The SMILES string of the molecule is [Cl-].[Cl-].[NH-]C1CCCCC1[NH-].[Pd]. The fourth-order valence-corrected chi connectivity index (χ4v) is 1.13. The number of hydrogen-bond donors (Lipinski definition) is 0. The second kappa shape index (κ2) is 9.25. The molecule has 1 fully saturated rings. The number of hydrogen-bond acceptors (Lipinski definition) is 0. The number of halogens is 2. The van der Waals surface area contributed by atoms with Crippen molar-refractivity contribution in [2.45, 2.75) is 37.8 Å². The summed E-state index contributed by atoms with van der Waals surface area (Å²) in [5, 5.41) is 0. The van der Waals surface area contributed by atoms with Gasteiger partial charge in [-0.3, -0.25) is 0 Å². The molecule has 0 heterocycles. The second-order valence-electron chi connectivity index (χ2n) is 2.50. The summed E-state index contributed by atoms with van der Waals surface area (Å²) in [7, 11) is 0. The summed E-state index contributed by atoms with van der Waals surface area (Å²) < 4.78 is 0. The van der Waals surface area contributed by atoms with E-state index in [4.69, 9.17) is 11.5 Å². The summed E-state index contributed by atoms with van der Waals surface area (Å²) in [5.41, 5.74) is 14.6. The van der Waals surface area contributed by atoms with Crippen molar-refractivity contribution < 1.29 is 45.2 Å². The largest absolute Gasteiger partial charge is 1.00 e. The fourth-order valence-electron chi connectivity index (χ4n) is 1.13. The topological polar surface area (TPSA) is 47.6 Å². The summed E-state index contributed by atoms with van der Waals surface area (Å²) in [6, 6.07) is -0.160. The molecule has 0 bridgehead atoms. The van der Waals surface area contributed by atoms with E-state index in [1.54, 1.807) is 0 Å². The quantitative estimate of drug-likeness (QED) is 0.414. The van der Waals surface area contributed by atoms with Crippen molar-refractivity contribution in [2.75, 3.05) is 0 Å². The maximum Gasteiger partial charge on any atom is 0 e.